The topological polar surface area (TPSA) is 55.0 Å². The van der Waals surface area contributed by atoms with E-state index < -0.39 is 0 Å². The number of hydrogen-bond acceptors (Lipinski definition) is 4. The van der Waals surface area contributed by atoms with Gasteiger partial charge >= 0.3 is 0 Å². The van der Waals surface area contributed by atoms with Crippen LogP contribution in [0.5, 0.6) is 0 Å². The summed E-state index contributed by atoms with van der Waals surface area (Å²) < 4.78 is 0. The standard InChI is InChI=1S/C14H12N4/c15-18(12-7-2-1-3-8-12)14-13-9-5-4-6-11(13)10-16-17-14/h1-10H,15H2. The lowest BCUT2D eigenvalue weighted by Gasteiger charge is -2.18. The second-order valence-electron chi connectivity index (χ2n) is 3.96. The quantitative estimate of drug-likeness (QED) is 0.549. The fourth-order valence-corrected chi connectivity index (χ4v) is 1.90. The average Bonchev–Trinajstić information content (AvgIpc) is 2.47. The van der Waals surface area contributed by atoms with Crippen molar-refractivity contribution in [2.45, 2.75) is 0 Å². The number of para-hydroxylation sites is 1. The molecule has 0 radical (unpaired) electrons. The van der Waals surface area contributed by atoms with E-state index >= 15 is 0 Å². The summed E-state index contributed by atoms with van der Waals surface area (Å²) in [4.78, 5) is 0. The van der Waals surface area contributed by atoms with Crippen LogP contribution in [0, 0.1) is 0 Å². The van der Waals surface area contributed by atoms with Crippen LogP contribution in [0.2, 0.25) is 0 Å². The van der Waals surface area contributed by atoms with Crippen molar-refractivity contribution in [1.29, 1.82) is 0 Å². The van der Waals surface area contributed by atoms with Crippen LogP contribution in [-0.4, -0.2) is 10.2 Å². The van der Waals surface area contributed by atoms with Crippen LogP contribution in [0.25, 0.3) is 10.8 Å². The number of aromatic nitrogens is 2. The van der Waals surface area contributed by atoms with Crippen LogP contribution in [0.4, 0.5) is 11.5 Å². The molecule has 0 unspecified atom stereocenters. The third-order valence-electron chi connectivity index (χ3n) is 2.81. The van der Waals surface area contributed by atoms with Crippen LogP contribution >= 0.6 is 0 Å². The molecule has 4 nitrogen and oxygen atoms in total. The summed E-state index contributed by atoms with van der Waals surface area (Å²) in [6.45, 7) is 0. The van der Waals surface area contributed by atoms with Gasteiger partial charge in [0, 0.05) is 10.8 Å². The SMILES string of the molecule is NN(c1ccccc1)c1nncc2ccccc12. The predicted octanol–water partition coefficient (Wildman–Crippen LogP) is 2.64. The van der Waals surface area contributed by atoms with Gasteiger partial charge in [0.25, 0.3) is 0 Å². The van der Waals surface area contributed by atoms with Crippen LogP contribution in [0.1, 0.15) is 0 Å². The molecule has 0 fully saturated rings. The molecule has 0 bridgehead atoms. The third kappa shape index (κ3) is 1.78. The second-order valence-corrected chi connectivity index (χ2v) is 3.96. The largest absolute Gasteiger partial charge is 0.260 e. The van der Waals surface area contributed by atoms with Gasteiger partial charge in [-0.1, -0.05) is 42.5 Å². The molecule has 3 rings (SSSR count). The van der Waals surface area contributed by atoms with E-state index in [0.29, 0.717) is 5.82 Å². The molecule has 1 heterocycles. The van der Waals surface area contributed by atoms with E-state index in [4.69, 9.17) is 5.84 Å². The lowest BCUT2D eigenvalue weighted by Crippen LogP contribution is -2.26. The van der Waals surface area contributed by atoms with Crippen molar-refractivity contribution in [2.24, 2.45) is 5.84 Å². The molecule has 18 heavy (non-hydrogen) atoms. The summed E-state index contributed by atoms with van der Waals surface area (Å²) in [6.07, 6.45) is 1.73. The van der Waals surface area contributed by atoms with E-state index in [0.717, 1.165) is 16.5 Å². The molecule has 0 aliphatic heterocycles. The van der Waals surface area contributed by atoms with Crippen molar-refractivity contribution in [3.05, 3.63) is 60.8 Å². The van der Waals surface area contributed by atoms with Crippen LogP contribution in [0.3, 0.4) is 0 Å². The van der Waals surface area contributed by atoms with Crippen molar-refractivity contribution >= 4 is 22.3 Å². The molecule has 0 atom stereocenters. The summed E-state index contributed by atoms with van der Waals surface area (Å²) in [5, 5.41) is 11.7. The van der Waals surface area contributed by atoms with E-state index in [1.807, 2.05) is 54.6 Å². The lowest BCUT2D eigenvalue weighted by molar-refractivity contribution is 0.968. The van der Waals surface area contributed by atoms with Gasteiger partial charge in [0.05, 0.1) is 11.9 Å². The molecular formula is C14H12N4. The summed E-state index contributed by atoms with van der Waals surface area (Å²) >= 11 is 0. The van der Waals surface area contributed by atoms with Crippen molar-refractivity contribution in [1.82, 2.24) is 10.2 Å². The highest BCUT2D eigenvalue weighted by Gasteiger charge is 2.10. The van der Waals surface area contributed by atoms with E-state index in [9.17, 15) is 0 Å². The Labute approximate surface area is 105 Å². The fraction of sp³-hybridized carbons (Fsp3) is 0. The number of nitrogens with two attached hydrogens (primary N) is 1. The lowest BCUT2D eigenvalue weighted by atomic mass is 10.2. The fourth-order valence-electron chi connectivity index (χ4n) is 1.90. The summed E-state index contributed by atoms with van der Waals surface area (Å²) in [5.74, 6) is 6.77. The van der Waals surface area contributed by atoms with Gasteiger partial charge in [0.15, 0.2) is 5.82 Å². The van der Waals surface area contributed by atoms with Crippen molar-refractivity contribution in [3.63, 3.8) is 0 Å². The van der Waals surface area contributed by atoms with Crippen molar-refractivity contribution < 1.29 is 0 Å². The normalized spacial score (nSPS) is 10.5. The second kappa shape index (κ2) is 4.43. The number of fused-ring (bicyclic) bond motifs is 1. The van der Waals surface area contributed by atoms with E-state index in [2.05, 4.69) is 10.2 Å². The number of anilines is 2. The minimum atomic E-state index is 0.652. The Morgan fingerprint density at radius 2 is 1.61 bits per heavy atom. The van der Waals surface area contributed by atoms with Crippen molar-refractivity contribution in [3.8, 4) is 0 Å². The van der Waals surface area contributed by atoms with Gasteiger partial charge in [0.2, 0.25) is 0 Å². The monoisotopic (exact) mass is 236 g/mol. The summed E-state index contributed by atoms with van der Waals surface area (Å²) in [6, 6.07) is 17.6. The molecule has 1 aromatic heterocycles. The maximum atomic E-state index is 6.11. The molecule has 0 spiro atoms. The third-order valence-corrected chi connectivity index (χ3v) is 2.81. The Hall–Kier alpha value is -2.46. The van der Waals surface area contributed by atoms with Gasteiger partial charge in [-0.3, -0.25) is 5.01 Å². The molecular weight excluding hydrogens is 224 g/mol. The smallest absolute Gasteiger partial charge is 0.177 e. The number of nitrogens with zero attached hydrogens (tertiary/aromatic N) is 3. The highest BCUT2D eigenvalue weighted by Crippen LogP contribution is 2.26. The zero-order chi connectivity index (χ0) is 12.4. The van der Waals surface area contributed by atoms with Gasteiger partial charge < -0.3 is 0 Å². The van der Waals surface area contributed by atoms with Crippen LogP contribution < -0.4 is 10.9 Å². The van der Waals surface area contributed by atoms with Gasteiger partial charge in [-0.15, -0.1) is 5.10 Å². The maximum absolute atomic E-state index is 6.11. The Kier molecular flexibility index (Phi) is 2.63. The highest BCUT2D eigenvalue weighted by molar-refractivity contribution is 5.92. The van der Waals surface area contributed by atoms with Crippen molar-refractivity contribution in [2.75, 3.05) is 5.01 Å². The molecule has 4 heteroatoms. The zero-order valence-corrected chi connectivity index (χ0v) is 9.69. The Morgan fingerprint density at radius 1 is 0.889 bits per heavy atom. The molecule has 2 N–H and O–H groups in total. The first-order chi connectivity index (χ1) is 8.86. The zero-order valence-electron chi connectivity index (χ0n) is 9.69. The first-order valence-corrected chi connectivity index (χ1v) is 5.66. The molecule has 0 aliphatic rings. The molecule has 88 valence electrons. The Bertz CT molecular complexity index is 661. The first kappa shape index (κ1) is 10.7. The van der Waals surface area contributed by atoms with Gasteiger partial charge in [-0.25, -0.2) is 5.84 Å². The predicted molar refractivity (Wildman–Crippen MR) is 72.3 cm³/mol. The maximum Gasteiger partial charge on any atom is 0.177 e. The number of rotatable bonds is 2. The Balaban J connectivity index is 2.15. The van der Waals surface area contributed by atoms with Gasteiger partial charge in [0.1, 0.15) is 0 Å². The first-order valence-electron chi connectivity index (χ1n) is 5.66. The number of hydrogen-bond donors (Lipinski definition) is 1. The number of hydrazine groups is 1. The highest BCUT2D eigenvalue weighted by atomic mass is 15.4. The summed E-state index contributed by atoms with van der Waals surface area (Å²) in [7, 11) is 0. The van der Waals surface area contributed by atoms with E-state index in [1.165, 1.54) is 0 Å². The molecule has 2 aromatic carbocycles. The minimum absolute atomic E-state index is 0.652. The van der Waals surface area contributed by atoms with Gasteiger partial charge in [-0.05, 0) is 12.1 Å². The average molecular weight is 236 g/mol. The molecule has 0 saturated heterocycles. The van der Waals surface area contributed by atoms with E-state index in [-0.39, 0.29) is 0 Å². The van der Waals surface area contributed by atoms with E-state index in [1.54, 1.807) is 11.2 Å². The van der Waals surface area contributed by atoms with Crippen LogP contribution in [-0.2, 0) is 0 Å². The number of benzene rings is 2. The Morgan fingerprint density at radius 3 is 2.44 bits per heavy atom. The molecule has 0 aliphatic carbocycles. The molecule has 0 amide bonds. The summed E-state index contributed by atoms with van der Waals surface area (Å²) in [5.41, 5.74) is 0.878. The van der Waals surface area contributed by atoms with Gasteiger partial charge in [-0.2, -0.15) is 5.10 Å². The van der Waals surface area contributed by atoms with Crippen LogP contribution in [0.15, 0.2) is 60.8 Å². The molecule has 3 aromatic rings. The minimum Gasteiger partial charge on any atom is -0.260 e. The molecule has 0 saturated carbocycles.